The molecule has 0 saturated carbocycles. The Morgan fingerprint density at radius 1 is 0.783 bits per heavy atom. The van der Waals surface area contributed by atoms with E-state index in [0.717, 1.165) is 10.8 Å². The van der Waals surface area contributed by atoms with Gasteiger partial charge in [-0.05, 0) is 50.4 Å². The highest BCUT2D eigenvalue weighted by Crippen LogP contribution is 2.39. The maximum absolute atomic E-state index is 11.8. The molecule has 1 nitrogen and oxygen atoms in total. The number of carbonyl (C=O) groups is 1. The number of fused-ring (bicyclic) bond motifs is 7. The van der Waals surface area contributed by atoms with Gasteiger partial charge in [-0.3, -0.25) is 4.79 Å². The van der Waals surface area contributed by atoms with Gasteiger partial charge in [-0.15, -0.1) is 0 Å². The van der Waals surface area contributed by atoms with Crippen LogP contribution in [0.15, 0.2) is 54.6 Å². The van der Waals surface area contributed by atoms with E-state index >= 15 is 0 Å². The Balaban J connectivity index is 1.83. The molecule has 1 atom stereocenters. The summed E-state index contributed by atoms with van der Waals surface area (Å²) in [7, 11) is 0. The lowest BCUT2D eigenvalue weighted by Gasteiger charge is -2.27. The summed E-state index contributed by atoms with van der Waals surface area (Å²) < 4.78 is 0. The van der Waals surface area contributed by atoms with Crippen molar-refractivity contribution >= 4 is 35.7 Å². The fourth-order valence-electron chi connectivity index (χ4n) is 3.81. The topological polar surface area (TPSA) is 17.1 Å². The molecule has 3 aliphatic carbocycles. The first-order valence-corrected chi connectivity index (χ1v) is 7.87. The van der Waals surface area contributed by atoms with Crippen LogP contribution < -0.4 is 10.4 Å². The van der Waals surface area contributed by atoms with Crippen molar-refractivity contribution in [1.29, 1.82) is 0 Å². The molecule has 0 aliphatic heterocycles. The third-order valence-electron chi connectivity index (χ3n) is 4.91. The molecule has 0 spiro atoms. The summed E-state index contributed by atoms with van der Waals surface area (Å²) in [4.78, 5) is 11.8. The van der Waals surface area contributed by atoms with Crippen molar-refractivity contribution in [3.8, 4) is 0 Å². The zero-order chi connectivity index (χ0) is 15.4. The van der Waals surface area contributed by atoms with E-state index in [1.165, 1.54) is 27.5 Å². The highest BCUT2D eigenvalue weighted by molar-refractivity contribution is 6.16. The fraction of sp³-hybridized carbons (Fsp3) is 0.0455. The molecule has 2 aromatic rings. The lowest BCUT2D eigenvalue weighted by molar-refractivity contribution is -0.109. The summed E-state index contributed by atoms with van der Waals surface area (Å²) in [5.74, 6) is 0.336. The van der Waals surface area contributed by atoms with Crippen LogP contribution in [0.25, 0.3) is 29.9 Å². The van der Waals surface area contributed by atoms with Crippen molar-refractivity contribution in [1.82, 2.24) is 0 Å². The van der Waals surface area contributed by atoms with Crippen molar-refractivity contribution in [2.75, 3.05) is 0 Å². The number of benzene rings is 2. The number of ketones is 1. The fourth-order valence-corrected chi connectivity index (χ4v) is 3.81. The van der Waals surface area contributed by atoms with Crippen molar-refractivity contribution in [3.05, 3.63) is 87.3 Å². The first-order chi connectivity index (χ1) is 11.3. The molecular weight excluding hydrogens is 280 g/mol. The van der Waals surface area contributed by atoms with Gasteiger partial charge in [0.15, 0.2) is 5.78 Å². The Bertz CT molecular complexity index is 1080. The molecule has 1 heteroatoms. The van der Waals surface area contributed by atoms with Gasteiger partial charge in [0.1, 0.15) is 0 Å². The average Bonchev–Trinajstić information content (AvgIpc) is 2.60. The SMILES string of the molecule is O=C1C=Cc2ccc3c(c2=C1)=CC=C1c2ccccc2C=CC13. The predicted molar refractivity (Wildman–Crippen MR) is 94.9 cm³/mol. The van der Waals surface area contributed by atoms with Crippen LogP contribution in [0, 0.1) is 0 Å². The van der Waals surface area contributed by atoms with Gasteiger partial charge in [0.2, 0.25) is 0 Å². The Morgan fingerprint density at radius 2 is 1.70 bits per heavy atom. The van der Waals surface area contributed by atoms with E-state index in [2.05, 4.69) is 60.7 Å². The van der Waals surface area contributed by atoms with Gasteiger partial charge >= 0.3 is 0 Å². The van der Waals surface area contributed by atoms with E-state index in [9.17, 15) is 4.79 Å². The zero-order valence-electron chi connectivity index (χ0n) is 12.5. The van der Waals surface area contributed by atoms with Crippen LogP contribution in [-0.2, 0) is 4.79 Å². The van der Waals surface area contributed by atoms with E-state index in [-0.39, 0.29) is 11.7 Å². The van der Waals surface area contributed by atoms with E-state index in [1.807, 2.05) is 6.08 Å². The molecule has 23 heavy (non-hydrogen) atoms. The summed E-state index contributed by atoms with van der Waals surface area (Å²) in [6.45, 7) is 0. The molecule has 5 rings (SSSR count). The zero-order valence-corrected chi connectivity index (χ0v) is 12.5. The minimum Gasteiger partial charge on any atom is -0.290 e. The molecule has 0 amide bonds. The Kier molecular flexibility index (Phi) is 2.48. The Hall–Kier alpha value is -2.93. The molecule has 0 saturated heterocycles. The summed E-state index contributed by atoms with van der Waals surface area (Å²) in [6.07, 6.45) is 14.2. The first kappa shape index (κ1) is 12.6. The van der Waals surface area contributed by atoms with Crippen molar-refractivity contribution < 1.29 is 4.79 Å². The van der Waals surface area contributed by atoms with Crippen molar-refractivity contribution in [2.24, 2.45) is 0 Å². The molecule has 108 valence electrons. The van der Waals surface area contributed by atoms with Crippen LogP contribution >= 0.6 is 0 Å². The third-order valence-corrected chi connectivity index (χ3v) is 4.91. The maximum atomic E-state index is 11.8. The van der Waals surface area contributed by atoms with Crippen LogP contribution in [0.2, 0.25) is 0 Å². The molecular formula is C22H14O. The molecule has 0 fully saturated rings. The summed E-state index contributed by atoms with van der Waals surface area (Å²) >= 11 is 0. The lowest BCUT2D eigenvalue weighted by atomic mass is 9.77. The normalized spacial score (nSPS) is 19.6. The molecule has 0 N–H and O–H groups in total. The second-order valence-corrected chi connectivity index (χ2v) is 6.16. The highest BCUT2D eigenvalue weighted by atomic mass is 16.1. The summed E-state index contributed by atoms with van der Waals surface area (Å²) in [5, 5.41) is 2.23. The lowest BCUT2D eigenvalue weighted by Crippen LogP contribution is -2.35. The summed E-state index contributed by atoms with van der Waals surface area (Å²) in [5.41, 5.74) is 6.32. The van der Waals surface area contributed by atoms with Gasteiger partial charge in [0.05, 0.1) is 0 Å². The number of hydrogen-bond donors (Lipinski definition) is 0. The van der Waals surface area contributed by atoms with Gasteiger partial charge in [0, 0.05) is 5.92 Å². The number of rotatable bonds is 0. The smallest absolute Gasteiger partial charge is 0.179 e. The van der Waals surface area contributed by atoms with Gasteiger partial charge in [-0.25, -0.2) is 0 Å². The van der Waals surface area contributed by atoms with Crippen LogP contribution in [0.1, 0.15) is 28.2 Å². The molecule has 0 aromatic heterocycles. The molecule has 0 heterocycles. The van der Waals surface area contributed by atoms with E-state index in [1.54, 1.807) is 12.2 Å². The minimum absolute atomic E-state index is 0.0682. The van der Waals surface area contributed by atoms with Gasteiger partial charge in [0.25, 0.3) is 0 Å². The molecule has 1 unspecified atom stereocenters. The molecule has 0 radical (unpaired) electrons. The monoisotopic (exact) mass is 294 g/mol. The van der Waals surface area contributed by atoms with E-state index in [4.69, 9.17) is 0 Å². The first-order valence-electron chi connectivity index (χ1n) is 7.87. The Morgan fingerprint density at radius 3 is 2.65 bits per heavy atom. The van der Waals surface area contributed by atoms with Gasteiger partial charge in [-0.1, -0.05) is 66.8 Å². The van der Waals surface area contributed by atoms with Crippen LogP contribution in [0.4, 0.5) is 0 Å². The van der Waals surface area contributed by atoms with Crippen molar-refractivity contribution in [3.63, 3.8) is 0 Å². The van der Waals surface area contributed by atoms with E-state index in [0.29, 0.717) is 0 Å². The second kappa shape index (κ2) is 4.53. The van der Waals surface area contributed by atoms with Crippen molar-refractivity contribution in [2.45, 2.75) is 5.92 Å². The van der Waals surface area contributed by atoms with Gasteiger partial charge < -0.3 is 0 Å². The number of hydrogen-bond acceptors (Lipinski definition) is 1. The predicted octanol–water partition coefficient (Wildman–Crippen LogP) is 3.05. The highest BCUT2D eigenvalue weighted by Gasteiger charge is 2.24. The molecule has 2 aromatic carbocycles. The molecule has 3 aliphatic rings. The maximum Gasteiger partial charge on any atom is 0.179 e. The Labute approximate surface area is 134 Å². The average molecular weight is 294 g/mol. The third kappa shape index (κ3) is 1.77. The molecule has 0 bridgehead atoms. The standard InChI is InChI=1S/C22H14O/c23-16-8-5-15-7-10-20-19-9-6-14-3-1-2-4-17(14)18(19)11-12-21(20)22(15)13-16/h1-13,19H. The minimum atomic E-state index is 0.0682. The van der Waals surface area contributed by atoms with Crippen LogP contribution in [0.3, 0.4) is 0 Å². The van der Waals surface area contributed by atoms with E-state index < -0.39 is 0 Å². The quantitative estimate of drug-likeness (QED) is 0.730. The number of carbonyl (C=O) groups excluding carboxylic acids is 1. The van der Waals surface area contributed by atoms with Crippen LogP contribution in [-0.4, -0.2) is 5.78 Å². The van der Waals surface area contributed by atoms with Gasteiger partial charge in [-0.2, -0.15) is 0 Å². The van der Waals surface area contributed by atoms with Crippen LogP contribution in [0.5, 0.6) is 0 Å². The second-order valence-electron chi connectivity index (χ2n) is 6.16. The largest absolute Gasteiger partial charge is 0.290 e. The number of allylic oxidation sites excluding steroid dienone is 4. The summed E-state index contributed by atoms with van der Waals surface area (Å²) in [6, 6.07) is 12.8.